The van der Waals surface area contributed by atoms with Crippen LogP contribution in [-0.4, -0.2) is 24.7 Å². The third-order valence-electron chi connectivity index (χ3n) is 3.73. The van der Waals surface area contributed by atoms with Crippen molar-refractivity contribution in [1.82, 2.24) is 5.32 Å². The molecule has 0 atom stereocenters. The number of hydrogen-bond donors (Lipinski definition) is 1. The van der Waals surface area contributed by atoms with Gasteiger partial charge in [-0.3, -0.25) is 10.1 Å². The Hall–Kier alpha value is -1.01. The summed E-state index contributed by atoms with van der Waals surface area (Å²) in [6.07, 6.45) is 10.3. The van der Waals surface area contributed by atoms with E-state index in [0.29, 0.717) is 13.2 Å². The van der Waals surface area contributed by atoms with Crippen LogP contribution in [0.5, 0.6) is 0 Å². The van der Waals surface area contributed by atoms with Crippen molar-refractivity contribution in [1.29, 1.82) is 0 Å². The van der Waals surface area contributed by atoms with Crippen molar-refractivity contribution in [3.63, 3.8) is 0 Å². The van der Waals surface area contributed by atoms with Crippen LogP contribution in [0.25, 0.3) is 0 Å². The highest BCUT2D eigenvalue weighted by Gasteiger charge is 2.42. The monoisotopic (exact) mass is 237 g/mol. The maximum Gasteiger partial charge on any atom is 0.326 e. The van der Waals surface area contributed by atoms with Gasteiger partial charge >= 0.3 is 5.97 Å². The predicted molar refractivity (Wildman–Crippen MR) is 68.4 cm³/mol. The average molecular weight is 237 g/mol. The molecular formula is C14H23NO2. The lowest BCUT2D eigenvalue weighted by molar-refractivity contribution is -0.153. The van der Waals surface area contributed by atoms with E-state index < -0.39 is 5.54 Å². The zero-order valence-electron chi connectivity index (χ0n) is 10.9. The third-order valence-corrected chi connectivity index (χ3v) is 3.73. The highest BCUT2D eigenvalue weighted by Crippen LogP contribution is 2.34. The van der Waals surface area contributed by atoms with E-state index in [-0.39, 0.29) is 5.97 Å². The van der Waals surface area contributed by atoms with Gasteiger partial charge in [0.05, 0.1) is 13.2 Å². The van der Waals surface area contributed by atoms with Crippen LogP contribution in [0.2, 0.25) is 0 Å². The van der Waals surface area contributed by atoms with Gasteiger partial charge in [-0.25, -0.2) is 0 Å². The van der Waals surface area contributed by atoms with Crippen molar-refractivity contribution < 1.29 is 9.53 Å². The Balaban J connectivity index is 2.67. The van der Waals surface area contributed by atoms with Crippen molar-refractivity contribution in [2.45, 2.75) is 51.5 Å². The molecule has 0 saturated heterocycles. The molecule has 1 fully saturated rings. The minimum Gasteiger partial charge on any atom is -0.465 e. The van der Waals surface area contributed by atoms with E-state index in [0.717, 1.165) is 31.6 Å². The summed E-state index contributed by atoms with van der Waals surface area (Å²) in [5.41, 5.74) is -0.534. The van der Waals surface area contributed by atoms with Crippen LogP contribution < -0.4 is 5.32 Å². The molecular weight excluding hydrogens is 214 g/mol. The van der Waals surface area contributed by atoms with Crippen LogP contribution in [0.4, 0.5) is 0 Å². The number of hydrogen-bond acceptors (Lipinski definition) is 3. The van der Waals surface area contributed by atoms with E-state index in [1.165, 1.54) is 6.42 Å². The number of rotatable bonds is 5. The van der Waals surface area contributed by atoms with Crippen molar-refractivity contribution in [3.05, 3.63) is 0 Å². The minimum absolute atomic E-state index is 0.134. The van der Waals surface area contributed by atoms with Gasteiger partial charge in [-0.05, 0) is 38.5 Å². The van der Waals surface area contributed by atoms with Gasteiger partial charge in [0.1, 0.15) is 5.54 Å². The van der Waals surface area contributed by atoms with Gasteiger partial charge in [0, 0.05) is 0 Å². The Morgan fingerprint density at radius 3 is 2.59 bits per heavy atom. The number of esters is 1. The average Bonchev–Trinajstić information content (AvgIpc) is 2.37. The Bertz CT molecular complexity index is 285. The van der Waals surface area contributed by atoms with Gasteiger partial charge in [-0.2, -0.15) is 0 Å². The number of carbonyl (C=O) groups excluding carboxylic acids is 1. The number of ether oxygens (including phenoxy) is 1. The lowest BCUT2D eigenvalue weighted by atomic mass is 9.75. The second-order valence-electron chi connectivity index (χ2n) is 4.71. The molecule has 96 valence electrons. The number of carbonyl (C=O) groups is 1. The normalized spacial score (nSPS) is 28.4. The summed E-state index contributed by atoms with van der Waals surface area (Å²) in [4.78, 5) is 12.1. The lowest BCUT2D eigenvalue weighted by Gasteiger charge is -2.38. The van der Waals surface area contributed by atoms with E-state index in [1.807, 2.05) is 6.92 Å². The van der Waals surface area contributed by atoms with Gasteiger partial charge < -0.3 is 4.74 Å². The largest absolute Gasteiger partial charge is 0.465 e. The zero-order chi connectivity index (χ0) is 12.7. The summed E-state index contributed by atoms with van der Waals surface area (Å²) >= 11 is 0. The van der Waals surface area contributed by atoms with Crippen molar-refractivity contribution in [3.8, 4) is 12.3 Å². The van der Waals surface area contributed by atoms with E-state index in [9.17, 15) is 4.79 Å². The lowest BCUT2D eigenvalue weighted by Crippen LogP contribution is -2.55. The molecule has 0 heterocycles. The first-order valence-corrected chi connectivity index (χ1v) is 6.54. The smallest absolute Gasteiger partial charge is 0.326 e. The fraction of sp³-hybridized carbons (Fsp3) is 0.786. The highest BCUT2D eigenvalue weighted by molar-refractivity contribution is 5.81. The van der Waals surface area contributed by atoms with E-state index in [2.05, 4.69) is 18.2 Å². The molecule has 0 amide bonds. The molecule has 1 aliphatic rings. The number of terminal acetylenes is 1. The fourth-order valence-corrected chi connectivity index (χ4v) is 2.52. The topological polar surface area (TPSA) is 38.3 Å². The maximum absolute atomic E-state index is 12.1. The molecule has 0 unspecified atom stereocenters. The Labute approximate surface area is 104 Å². The molecule has 0 aromatic carbocycles. The molecule has 3 nitrogen and oxygen atoms in total. The Kier molecular flexibility index (Phi) is 5.50. The van der Waals surface area contributed by atoms with Crippen molar-refractivity contribution >= 4 is 5.97 Å². The molecule has 0 aromatic rings. The minimum atomic E-state index is -0.534. The van der Waals surface area contributed by atoms with Crippen LogP contribution in [-0.2, 0) is 9.53 Å². The van der Waals surface area contributed by atoms with Crippen LogP contribution in [0.1, 0.15) is 46.0 Å². The van der Waals surface area contributed by atoms with E-state index in [4.69, 9.17) is 11.2 Å². The second-order valence-corrected chi connectivity index (χ2v) is 4.71. The molecule has 0 spiro atoms. The molecule has 0 bridgehead atoms. The van der Waals surface area contributed by atoms with Crippen LogP contribution in [0.15, 0.2) is 0 Å². The molecule has 1 saturated carbocycles. The first-order chi connectivity index (χ1) is 8.18. The van der Waals surface area contributed by atoms with Crippen LogP contribution >= 0.6 is 0 Å². The zero-order valence-corrected chi connectivity index (χ0v) is 10.9. The summed E-state index contributed by atoms with van der Waals surface area (Å²) in [6.45, 7) is 4.90. The maximum atomic E-state index is 12.1. The van der Waals surface area contributed by atoms with Gasteiger partial charge in [0.25, 0.3) is 0 Å². The molecule has 1 aliphatic carbocycles. The van der Waals surface area contributed by atoms with Gasteiger partial charge in [0.15, 0.2) is 0 Å². The highest BCUT2D eigenvalue weighted by atomic mass is 16.5. The van der Waals surface area contributed by atoms with Crippen molar-refractivity contribution in [2.75, 3.05) is 13.2 Å². The summed E-state index contributed by atoms with van der Waals surface area (Å²) in [5.74, 6) is 3.15. The van der Waals surface area contributed by atoms with Gasteiger partial charge in [0.2, 0.25) is 0 Å². The molecule has 0 aliphatic heterocycles. The predicted octanol–water partition coefficient (Wildman–Crippen LogP) is 2.11. The van der Waals surface area contributed by atoms with Crippen LogP contribution in [0.3, 0.4) is 0 Å². The SMILES string of the molecule is C#CCNC1(C(=O)OCC)CCC(CC)CC1. The van der Waals surface area contributed by atoms with Crippen LogP contribution in [0, 0.1) is 18.3 Å². The molecule has 17 heavy (non-hydrogen) atoms. The Morgan fingerprint density at radius 1 is 1.47 bits per heavy atom. The van der Waals surface area contributed by atoms with E-state index >= 15 is 0 Å². The molecule has 0 radical (unpaired) electrons. The quantitative estimate of drug-likeness (QED) is 0.588. The molecule has 1 N–H and O–H groups in total. The fourth-order valence-electron chi connectivity index (χ4n) is 2.52. The summed E-state index contributed by atoms with van der Waals surface area (Å²) in [5, 5.41) is 3.20. The molecule has 0 aromatic heterocycles. The first kappa shape index (κ1) is 14.1. The molecule has 3 heteroatoms. The van der Waals surface area contributed by atoms with Gasteiger partial charge in [-0.15, -0.1) is 6.42 Å². The first-order valence-electron chi connectivity index (χ1n) is 6.54. The number of nitrogens with one attached hydrogen (secondary N) is 1. The Morgan fingerprint density at radius 2 is 2.12 bits per heavy atom. The van der Waals surface area contributed by atoms with Crippen molar-refractivity contribution in [2.24, 2.45) is 5.92 Å². The third kappa shape index (κ3) is 3.47. The summed E-state index contributed by atoms with van der Waals surface area (Å²) in [6, 6.07) is 0. The molecule has 1 rings (SSSR count). The second kappa shape index (κ2) is 6.66. The van der Waals surface area contributed by atoms with E-state index in [1.54, 1.807) is 0 Å². The standard InChI is InChI=1S/C14H23NO2/c1-4-11-15-14(13(16)17-6-3)9-7-12(5-2)8-10-14/h1,12,15H,5-11H2,2-3H3. The summed E-state index contributed by atoms with van der Waals surface area (Å²) in [7, 11) is 0. The van der Waals surface area contributed by atoms with Gasteiger partial charge in [-0.1, -0.05) is 19.3 Å². The summed E-state index contributed by atoms with van der Waals surface area (Å²) < 4.78 is 5.18.